The molecule has 0 bridgehead atoms. The van der Waals surface area contributed by atoms with Crippen LogP contribution in [0.25, 0.3) is 0 Å². The molecule has 134 valence electrons. The average Bonchev–Trinajstić information content (AvgIpc) is 2.62. The van der Waals surface area contributed by atoms with Crippen LogP contribution in [0.15, 0.2) is 46.9 Å². The molecule has 1 amide bonds. The zero-order chi connectivity index (χ0) is 18.4. The van der Waals surface area contributed by atoms with Gasteiger partial charge < -0.3 is 19.7 Å². The van der Waals surface area contributed by atoms with Crippen molar-refractivity contribution in [3.05, 3.63) is 52.5 Å². The molecule has 0 aliphatic carbocycles. The molecule has 2 rings (SSSR count). The van der Waals surface area contributed by atoms with E-state index in [1.165, 1.54) is 0 Å². The molecule has 0 saturated heterocycles. The fraction of sp³-hybridized carbons (Fsp3) is 0.316. The van der Waals surface area contributed by atoms with E-state index in [0.717, 1.165) is 20.6 Å². The van der Waals surface area contributed by atoms with E-state index < -0.39 is 0 Å². The van der Waals surface area contributed by atoms with Crippen LogP contribution in [0, 0.1) is 0 Å². The van der Waals surface area contributed by atoms with Gasteiger partial charge in [0.05, 0.1) is 21.3 Å². The Morgan fingerprint density at radius 1 is 1.12 bits per heavy atom. The lowest BCUT2D eigenvalue weighted by atomic mass is 10.1. The van der Waals surface area contributed by atoms with Gasteiger partial charge in [0, 0.05) is 15.7 Å². The third kappa shape index (κ3) is 5.21. The molecular formula is C19H24BrN2O3+. The van der Waals surface area contributed by atoms with Crippen molar-refractivity contribution in [2.24, 2.45) is 0 Å². The van der Waals surface area contributed by atoms with Gasteiger partial charge in [-0.25, -0.2) is 0 Å². The van der Waals surface area contributed by atoms with E-state index in [0.29, 0.717) is 18.0 Å². The topological polar surface area (TPSA) is 52.0 Å². The lowest BCUT2D eigenvalue weighted by molar-refractivity contribution is -0.907. The number of ether oxygens (including phenoxy) is 2. The first-order chi connectivity index (χ1) is 11.9. The molecule has 0 saturated carbocycles. The van der Waals surface area contributed by atoms with E-state index in [2.05, 4.69) is 21.2 Å². The van der Waals surface area contributed by atoms with Crippen LogP contribution in [-0.2, 0) is 11.3 Å². The van der Waals surface area contributed by atoms with Crippen molar-refractivity contribution >= 4 is 27.5 Å². The highest BCUT2D eigenvalue weighted by Gasteiger charge is 2.22. The van der Waals surface area contributed by atoms with Crippen LogP contribution in [-0.4, -0.2) is 33.2 Å². The van der Waals surface area contributed by atoms with Gasteiger partial charge in [-0.05, 0) is 49.4 Å². The number of hydrogen-bond acceptors (Lipinski definition) is 3. The number of rotatable bonds is 7. The Labute approximate surface area is 157 Å². The summed E-state index contributed by atoms with van der Waals surface area (Å²) in [5.41, 5.74) is 1.87. The molecule has 0 aliphatic heterocycles. The van der Waals surface area contributed by atoms with Gasteiger partial charge in [0.1, 0.15) is 6.54 Å². The summed E-state index contributed by atoms with van der Waals surface area (Å²) in [7, 11) is 5.23. The molecule has 2 atom stereocenters. The molecular weight excluding hydrogens is 384 g/mol. The molecule has 0 aliphatic rings. The number of amides is 1. The fourth-order valence-electron chi connectivity index (χ4n) is 2.47. The number of benzene rings is 2. The van der Waals surface area contributed by atoms with Crippen LogP contribution in [0.5, 0.6) is 11.5 Å². The van der Waals surface area contributed by atoms with E-state index in [1.54, 1.807) is 14.2 Å². The van der Waals surface area contributed by atoms with Crippen molar-refractivity contribution in [2.45, 2.75) is 19.5 Å². The fourth-order valence-corrected chi connectivity index (χ4v) is 2.74. The molecule has 0 heterocycles. The lowest BCUT2D eigenvalue weighted by Crippen LogP contribution is -3.12. The van der Waals surface area contributed by atoms with Crippen molar-refractivity contribution in [2.75, 3.05) is 26.6 Å². The number of nitrogens with one attached hydrogen (secondary N) is 2. The van der Waals surface area contributed by atoms with E-state index in [1.807, 2.05) is 56.4 Å². The van der Waals surface area contributed by atoms with Gasteiger partial charge in [-0.2, -0.15) is 0 Å². The van der Waals surface area contributed by atoms with E-state index in [-0.39, 0.29) is 11.9 Å². The summed E-state index contributed by atoms with van der Waals surface area (Å²) >= 11 is 3.39. The normalized spacial score (nSPS) is 13.0. The van der Waals surface area contributed by atoms with Gasteiger partial charge >= 0.3 is 0 Å². The monoisotopic (exact) mass is 407 g/mol. The quantitative estimate of drug-likeness (QED) is 0.741. The maximum absolute atomic E-state index is 12.5. The zero-order valence-electron chi connectivity index (χ0n) is 14.9. The van der Waals surface area contributed by atoms with Crippen molar-refractivity contribution in [3.63, 3.8) is 0 Å². The number of carbonyl (C=O) groups excluding carboxylic acids is 1. The summed E-state index contributed by atoms with van der Waals surface area (Å²) < 4.78 is 11.6. The van der Waals surface area contributed by atoms with Crippen molar-refractivity contribution in [3.8, 4) is 11.5 Å². The summed E-state index contributed by atoms with van der Waals surface area (Å²) in [6, 6.07) is 13.2. The SMILES string of the molecule is COc1ccc(C[NH+](C)[C@@H](C)C(=O)Nc2ccc(Br)cc2)cc1OC. The predicted octanol–water partition coefficient (Wildman–Crippen LogP) is 2.51. The number of methoxy groups -OCH3 is 2. The Morgan fingerprint density at radius 2 is 1.76 bits per heavy atom. The minimum atomic E-state index is -0.197. The summed E-state index contributed by atoms with van der Waals surface area (Å²) in [6.45, 7) is 2.62. The molecule has 2 N–H and O–H groups in total. The number of anilines is 1. The lowest BCUT2D eigenvalue weighted by Gasteiger charge is -2.21. The molecule has 25 heavy (non-hydrogen) atoms. The Bertz CT molecular complexity index is 719. The van der Waals surface area contributed by atoms with Crippen LogP contribution in [0.3, 0.4) is 0 Å². The summed E-state index contributed by atoms with van der Waals surface area (Å²) in [6.07, 6.45) is 0. The predicted molar refractivity (Wildman–Crippen MR) is 102 cm³/mol. The second-order valence-corrected chi connectivity index (χ2v) is 6.85. The molecule has 0 radical (unpaired) electrons. The first-order valence-corrected chi connectivity index (χ1v) is 8.83. The average molecular weight is 408 g/mol. The standard InChI is InChI=1S/C19H23BrN2O3/c1-13(19(23)21-16-8-6-15(20)7-9-16)22(2)12-14-5-10-17(24-3)18(11-14)25-4/h5-11,13H,12H2,1-4H3,(H,21,23)/p+1/t13-/m0/s1. The Hall–Kier alpha value is -2.05. The number of halogens is 1. The summed E-state index contributed by atoms with van der Waals surface area (Å²) in [5, 5.41) is 2.95. The molecule has 0 fully saturated rings. The van der Waals surface area contributed by atoms with Gasteiger partial charge in [0.2, 0.25) is 0 Å². The molecule has 1 unspecified atom stereocenters. The smallest absolute Gasteiger partial charge is 0.282 e. The van der Waals surface area contributed by atoms with Crippen LogP contribution >= 0.6 is 15.9 Å². The summed E-state index contributed by atoms with van der Waals surface area (Å²) in [5.74, 6) is 1.38. The van der Waals surface area contributed by atoms with Gasteiger partial charge in [0.25, 0.3) is 5.91 Å². The zero-order valence-corrected chi connectivity index (χ0v) is 16.5. The molecule has 2 aromatic carbocycles. The third-order valence-electron chi connectivity index (χ3n) is 4.18. The van der Waals surface area contributed by atoms with Crippen molar-refractivity contribution < 1.29 is 19.2 Å². The first-order valence-electron chi connectivity index (χ1n) is 8.04. The van der Waals surface area contributed by atoms with Crippen LogP contribution in [0.4, 0.5) is 5.69 Å². The van der Waals surface area contributed by atoms with Gasteiger partial charge in [-0.1, -0.05) is 15.9 Å². The highest BCUT2D eigenvalue weighted by atomic mass is 79.9. The largest absolute Gasteiger partial charge is 0.493 e. The Balaban J connectivity index is 2.00. The maximum Gasteiger partial charge on any atom is 0.282 e. The number of hydrogen-bond donors (Lipinski definition) is 2. The minimum Gasteiger partial charge on any atom is -0.493 e. The van der Waals surface area contributed by atoms with Crippen molar-refractivity contribution in [1.29, 1.82) is 0 Å². The highest BCUT2D eigenvalue weighted by molar-refractivity contribution is 9.10. The molecule has 0 spiro atoms. The van der Waals surface area contributed by atoms with Gasteiger partial charge in [0.15, 0.2) is 17.5 Å². The third-order valence-corrected chi connectivity index (χ3v) is 4.70. The van der Waals surface area contributed by atoms with Gasteiger partial charge in [-0.3, -0.25) is 4.79 Å². The molecule has 5 nitrogen and oxygen atoms in total. The van der Waals surface area contributed by atoms with Crippen LogP contribution in [0.1, 0.15) is 12.5 Å². The number of quaternary nitrogens is 1. The Kier molecular flexibility index (Phi) is 6.84. The number of likely N-dealkylation sites (N-methyl/N-ethyl adjacent to an activating group) is 1. The van der Waals surface area contributed by atoms with E-state index in [4.69, 9.17) is 9.47 Å². The Morgan fingerprint density at radius 3 is 2.36 bits per heavy atom. The summed E-state index contributed by atoms with van der Waals surface area (Å²) in [4.78, 5) is 13.5. The van der Waals surface area contributed by atoms with Crippen molar-refractivity contribution in [1.82, 2.24) is 0 Å². The van der Waals surface area contributed by atoms with E-state index >= 15 is 0 Å². The second-order valence-electron chi connectivity index (χ2n) is 5.93. The first kappa shape index (κ1) is 19.3. The maximum atomic E-state index is 12.5. The van der Waals surface area contributed by atoms with Crippen LogP contribution < -0.4 is 19.7 Å². The molecule has 0 aromatic heterocycles. The second kappa shape index (κ2) is 8.87. The minimum absolute atomic E-state index is 0.0136. The number of carbonyl (C=O) groups is 1. The molecule has 6 heteroatoms. The van der Waals surface area contributed by atoms with Gasteiger partial charge in [-0.15, -0.1) is 0 Å². The van der Waals surface area contributed by atoms with Crippen LogP contribution in [0.2, 0.25) is 0 Å². The highest BCUT2D eigenvalue weighted by Crippen LogP contribution is 2.27. The van der Waals surface area contributed by atoms with E-state index in [9.17, 15) is 4.79 Å². The molecule has 2 aromatic rings.